The summed E-state index contributed by atoms with van der Waals surface area (Å²) in [6.45, 7) is 0. The summed E-state index contributed by atoms with van der Waals surface area (Å²) < 4.78 is 10.6. The summed E-state index contributed by atoms with van der Waals surface area (Å²) in [5, 5.41) is 15.0. The summed E-state index contributed by atoms with van der Waals surface area (Å²) in [6, 6.07) is 10.8. The number of nitrogens with zero attached hydrogens (tertiary/aromatic N) is 1. The minimum atomic E-state index is -0.0678. The molecule has 4 aromatic rings. The van der Waals surface area contributed by atoms with Crippen molar-refractivity contribution in [2.24, 2.45) is 5.18 Å². The number of ether oxygens (including phenoxy) is 2. The van der Waals surface area contributed by atoms with Crippen LogP contribution in [0, 0.1) is 4.91 Å². The third-order valence-corrected chi connectivity index (χ3v) is 4.30. The van der Waals surface area contributed by atoms with Gasteiger partial charge in [-0.2, -0.15) is 0 Å². The molecule has 0 amide bonds. The van der Waals surface area contributed by atoms with Crippen LogP contribution in [0.2, 0.25) is 0 Å². The van der Waals surface area contributed by atoms with Gasteiger partial charge in [-0.1, -0.05) is 18.2 Å². The molecule has 3 N–H and O–H groups in total. The van der Waals surface area contributed by atoms with Crippen molar-refractivity contribution in [1.82, 2.24) is 9.97 Å². The molecule has 25 heavy (non-hydrogen) atoms. The fourth-order valence-electron chi connectivity index (χ4n) is 3.16. The zero-order chi connectivity index (χ0) is 17.6. The first-order valence-electron chi connectivity index (χ1n) is 7.59. The quantitative estimate of drug-likeness (QED) is 0.479. The molecule has 0 spiro atoms. The number of nitroso groups, excluding NO2 is 1. The number of methoxy groups -OCH3 is 2. The van der Waals surface area contributed by atoms with E-state index in [0.717, 1.165) is 5.52 Å². The molecule has 0 fully saturated rings. The van der Waals surface area contributed by atoms with Crippen LogP contribution in [0.1, 0.15) is 0 Å². The summed E-state index contributed by atoms with van der Waals surface area (Å²) >= 11 is 0. The number of rotatable bonds is 4. The SMILES string of the molecule is COc1cc2[nH]c(O)c(-c3[nH]c4ccccc4c3N=O)c2cc1OC. The van der Waals surface area contributed by atoms with Crippen molar-refractivity contribution in [3.63, 3.8) is 0 Å². The Morgan fingerprint density at radius 2 is 1.68 bits per heavy atom. The molecule has 126 valence electrons. The van der Waals surface area contributed by atoms with Crippen LogP contribution in [0.25, 0.3) is 33.1 Å². The minimum Gasteiger partial charge on any atom is -0.494 e. The molecule has 2 aromatic carbocycles. The van der Waals surface area contributed by atoms with Crippen molar-refractivity contribution in [2.75, 3.05) is 14.2 Å². The number of benzene rings is 2. The Labute approximate surface area is 142 Å². The second kappa shape index (κ2) is 5.55. The summed E-state index contributed by atoms with van der Waals surface area (Å²) in [5.74, 6) is 0.988. The Morgan fingerprint density at radius 1 is 0.960 bits per heavy atom. The van der Waals surface area contributed by atoms with Crippen LogP contribution in [0.4, 0.5) is 5.69 Å². The predicted molar refractivity (Wildman–Crippen MR) is 95.8 cm³/mol. The highest BCUT2D eigenvalue weighted by Crippen LogP contribution is 2.46. The summed E-state index contributed by atoms with van der Waals surface area (Å²) in [4.78, 5) is 17.5. The van der Waals surface area contributed by atoms with Gasteiger partial charge < -0.3 is 24.5 Å². The predicted octanol–water partition coefficient (Wildman–Crippen LogP) is 4.44. The molecule has 0 atom stereocenters. The van der Waals surface area contributed by atoms with Crippen LogP contribution >= 0.6 is 0 Å². The van der Waals surface area contributed by atoms with Gasteiger partial charge in [0.15, 0.2) is 17.4 Å². The van der Waals surface area contributed by atoms with Crippen molar-refractivity contribution < 1.29 is 14.6 Å². The molecular weight excluding hydrogens is 322 g/mol. The van der Waals surface area contributed by atoms with E-state index in [2.05, 4.69) is 15.1 Å². The highest BCUT2D eigenvalue weighted by Gasteiger charge is 2.22. The maximum Gasteiger partial charge on any atom is 0.199 e. The topological polar surface area (TPSA) is 99.7 Å². The van der Waals surface area contributed by atoms with Crippen LogP contribution in [-0.2, 0) is 0 Å². The molecule has 0 aliphatic heterocycles. The zero-order valence-electron chi connectivity index (χ0n) is 13.6. The molecule has 0 unspecified atom stereocenters. The van der Waals surface area contributed by atoms with Crippen molar-refractivity contribution in [3.05, 3.63) is 41.3 Å². The highest BCUT2D eigenvalue weighted by atomic mass is 16.5. The van der Waals surface area contributed by atoms with E-state index in [-0.39, 0.29) is 11.6 Å². The smallest absolute Gasteiger partial charge is 0.199 e. The molecule has 7 nitrogen and oxygen atoms in total. The largest absolute Gasteiger partial charge is 0.494 e. The van der Waals surface area contributed by atoms with E-state index >= 15 is 0 Å². The second-order valence-corrected chi connectivity index (χ2v) is 5.59. The number of aromatic amines is 2. The number of fused-ring (bicyclic) bond motifs is 2. The van der Waals surface area contributed by atoms with Crippen LogP contribution in [-0.4, -0.2) is 29.3 Å². The molecule has 0 radical (unpaired) electrons. The molecule has 0 saturated heterocycles. The maximum absolute atomic E-state index is 11.5. The second-order valence-electron chi connectivity index (χ2n) is 5.59. The van der Waals surface area contributed by atoms with E-state index in [1.54, 1.807) is 19.2 Å². The van der Waals surface area contributed by atoms with Crippen molar-refractivity contribution in [2.45, 2.75) is 0 Å². The van der Waals surface area contributed by atoms with Gasteiger partial charge in [-0.15, -0.1) is 4.91 Å². The van der Waals surface area contributed by atoms with Crippen LogP contribution in [0.15, 0.2) is 41.6 Å². The Kier molecular flexibility index (Phi) is 3.35. The average Bonchev–Trinajstić information content (AvgIpc) is 3.15. The lowest BCUT2D eigenvalue weighted by Crippen LogP contribution is -1.90. The molecule has 0 aliphatic rings. The van der Waals surface area contributed by atoms with Crippen LogP contribution in [0.5, 0.6) is 17.4 Å². The van der Waals surface area contributed by atoms with E-state index in [4.69, 9.17) is 9.47 Å². The molecule has 4 rings (SSSR count). The summed E-state index contributed by atoms with van der Waals surface area (Å²) in [7, 11) is 3.08. The molecule has 0 bridgehead atoms. The Balaban J connectivity index is 2.07. The minimum absolute atomic E-state index is 0.0678. The van der Waals surface area contributed by atoms with Gasteiger partial charge in [0, 0.05) is 22.4 Å². The third-order valence-electron chi connectivity index (χ3n) is 4.30. The van der Waals surface area contributed by atoms with E-state index < -0.39 is 0 Å². The van der Waals surface area contributed by atoms with Gasteiger partial charge in [0.25, 0.3) is 0 Å². The third kappa shape index (κ3) is 2.13. The zero-order valence-corrected chi connectivity index (χ0v) is 13.6. The number of H-pyrrole nitrogens is 2. The number of aromatic nitrogens is 2. The lowest BCUT2D eigenvalue weighted by molar-refractivity contribution is 0.356. The standard InChI is InChI=1S/C18H15N3O4/c1-24-13-7-10-12(8-14(13)25-2)20-18(22)15(10)17-16(21-23)9-5-3-4-6-11(9)19-17/h3-8,19-20,22H,1-2H3. The molecule has 0 aliphatic carbocycles. The molecule has 0 saturated carbocycles. The first-order chi connectivity index (χ1) is 12.2. The molecule has 7 heteroatoms. The van der Waals surface area contributed by atoms with Gasteiger partial charge in [0.05, 0.1) is 31.0 Å². The Hall–Kier alpha value is -3.48. The average molecular weight is 337 g/mol. The number of aromatic hydroxyl groups is 1. The van der Waals surface area contributed by atoms with Crippen molar-refractivity contribution in [3.8, 4) is 28.6 Å². The Bertz CT molecular complexity index is 1110. The number of hydrogen-bond donors (Lipinski definition) is 3. The molecule has 2 aromatic heterocycles. The number of hydrogen-bond acceptors (Lipinski definition) is 5. The van der Waals surface area contributed by atoms with Crippen molar-refractivity contribution in [1.29, 1.82) is 0 Å². The van der Waals surface area contributed by atoms with Gasteiger partial charge in [-0.25, -0.2) is 0 Å². The summed E-state index contributed by atoms with van der Waals surface area (Å²) in [5.41, 5.74) is 2.58. The molecule has 2 heterocycles. The maximum atomic E-state index is 11.5. The monoisotopic (exact) mass is 337 g/mol. The first-order valence-corrected chi connectivity index (χ1v) is 7.59. The Morgan fingerprint density at radius 3 is 2.40 bits per heavy atom. The van der Waals surface area contributed by atoms with Gasteiger partial charge in [-0.05, 0) is 17.3 Å². The lowest BCUT2D eigenvalue weighted by atomic mass is 10.1. The fraction of sp³-hybridized carbons (Fsp3) is 0.111. The van der Waals surface area contributed by atoms with Gasteiger partial charge in [0.1, 0.15) is 5.69 Å². The van der Waals surface area contributed by atoms with E-state index in [9.17, 15) is 10.0 Å². The van der Waals surface area contributed by atoms with Gasteiger partial charge in [-0.3, -0.25) is 0 Å². The van der Waals surface area contributed by atoms with Crippen molar-refractivity contribution >= 4 is 27.5 Å². The van der Waals surface area contributed by atoms with E-state index in [0.29, 0.717) is 39.0 Å². The summed E-state index contributed by atoms with van der Waals surface area (Å²) in [6.07, 6.45) is 0. The highest BCUT2D eigenvalue weighted by molar-refractivity contribution is 6.08. The van der Waals surface area contributed by atoms with Crippen LogP contribution < -0.4 is 9.47 Å². The molecular formula is C18H15N3O4. The van der Waals surface area contributed by atoms with Gasteiger partial charge in [0.2, 0.25) is 0 Å². The number of para-hydroxylation sites is 1. The lowest BCUT2D eigenvalue weighted by Gasteiger charge is -2.07. The first kappa shape index (κ1) is 15.1. The van der Waals surface area contributed by atoms with E-state index in [1.807, 2.05) is 24.3 Å². The van der Waals surface area contributed by atoms with Gasteiger partial charge >= 0.3 is 0 Å². The van der Waals surface area contributed by atoms with E-state index in [1.165, 1.54) is 7.11 Å². The van der Waals surface area contributed by atoms with Crippen LogP contribution in [0.3, 0.4) is 0 Å². The normalized spacial score (nSPS) is 11.1. The number of nitrogens with one attached hydrogen (secondary N) is 2. The fourth-order valence-corrected chi connectivity index (χ4v) is 3.16.